The van der Waals surface area contributed by atoms with Crippen LogP contribution in [0.4, 0.5) is 5.69 Å². The molecule has 9 heteroatoms. The lowest BCUT2D eigenvalue weighted by Gasteiger charge is -2.24. The number of carbonyl (C=O) groups excluding carboxylic acids is 1. The van der Waals surface area contributed by atoms with Gasteiger partial charge in [0.05, 0.1) is 27.0 Å². The van der Waals surface area contributed by atoms with Gasteiger partial charge in [0.2, 0.25) is 15.9 Å². The quantitative estimate of drug-likeness (QED) is 0.807. The number of rotatable bonds is 5. The van der Waals surface area contributed by atoms with E-state index in [1.807, 2.05) is 0 Å². The third kappa shape index (κ3) is 5.21. The molecule has 118 valence electrons. The Hall–Kier alpha value is -0.690. The molecule has 21 heavy (non-hydrogen) atoms. The van der Waals surface area contributed by atoms with Crippen LogP contribution in [0.1, 0.15) is 13.8 Å². The normalized spacial score (nSPS) is 11.6. The van der Waals surface area contributed by atoms with E-state index in [4.69, 9.17) is 34.8 Å². The van der Waals surface area contributed by atoms with Crippen LogP contribution in [-0.2, 0) is 14.8 Å². The maximum absolute atomic E-state index is 11.9. The van der Waals surface area contributed by atoms with Crippen LogP contribution in [0.2, 0.25) is 15.1 Å². The minimum Gasteiger partial charge on any atom is -0.352 e. The van der Waals surface area contributed by atoms with E-state index in [0.29, 0.717) is 0 Å². The Labute approximate surface area is 139 Å². The number of hydrogen-bond donors (Lipinski definition) is 1. The number of hydrogen-bond acceptors (Lipinski definition) is 3. The molecular weight excluding hydrogens is 359 g/mol. The highest BCUT2D eigenvalue weighted by Crippen LogP contribution is 2.35. The van der Waals surface area contributed by atoms with E-state index < -0.39 is 22.5 Å². The molecule has 0 fully saturated rings. The fraction of sp³-hybridized carbons (Fsp3) is 0.417. The van der Waals surface area contributed by atoms with Gasteiger partial charge in [0.1, 0.15) is 6.54 Å². The predicted molar refractivity (Wildman–Crippen MR) is 86.9 cm³/mol. The van der Waals surface area contributed by atoms with Crippen molar-refractivity contribution in [2.75, 3.05) is 17.1 Å². The topological polar surface area (TPSA) is 66.5 Å². The van der Waals surface area contributed by atoms with Crippen molar-refractivity contribution in [3.05, 3.63) is 27.2 Å². The number of halogens is 3. The summed E-state index contributed by atoms with van der Waals surface area (Å²) >= 11 is 17.7. The fourth-order valence-corrected chi connectivity index (χ4v) is 3.14. The highest BCUT2D eigenvalue weighted by molar-refractivity contribution is 7.92. The van der Waals surface area contributed by atoms with Crippen LogP contribution in [0.5, 0.6) is 0 Å². The molecule has 1 rings (SSSR count). The number of carbonyl (C=O) groups is 1. The molecule has 0 aliphatic heterocycles. The van der Waals surface area contributed by atoms with Crippen LogP contribution in [0.15, 0.2) is 12.1 Å². The van der Waals surface area contributed by atoms with E-state index in [2.05, 4.69) is 5.32 Å². The molecule has 0 heterocycles. The summed E-state index contributed by atoms with van der Waals surface area (Å²) in [5.41, 5.74) is 0.104. The Morgan fingerprint density at radius 2 is 1.71 bits per heavy atom. The Balaban J connectivity index is 3.22. The zero-order valence-electron chi connectivity index (χ0n) is 11.7. The summed E-state index contributed by atoms with van der Waals surface area (Å²) in [6, 6.07) is 2.54. The lowest BCUT2D eigenvalue weighted by molar-refractivity contribution is -0.120. The molecule has 0 unspecified atom stereocenters. The SMILES string of the molecule is CC(C)NC(=O)CN(c1cc(Cl)c(Cl)cc1Cl)S(C)(=O)=O. The number of benzene rings is 1. The number of nitrogens with one attached hydrogen (secondary N) is 1. The molecule has 0 saturated heterocycles. The minimum atomic E-state index is -3.71. The standard InChI is InChI=1S/C12H15Cl3N2O3S/c1-7(2)16-12(18)6-17(21(3,19)20)11-5-9(14)8(13)4-10(11)15/h4-5,7H,6H2,1-3H3,(H,16,18). The summed E-state index contributed by atoms with van der Waals surface area (Å²) in [5, 5.41) is 3.05. The third-order valence-corrected chi connectivity index (χ3v) is 4.55. The summed E-state index contributed by atoms with van der Waals surface area (Å²) in [4.78, 5) is 11.8. The molecule has 0 spiro atoms. The largest absolute Gasteiger partial charge is 0.352 e. The Morgan fingerprint density at radius 1 is 1.19 bits per heavy atom. The highest BCUT2D eigenvalue weighted by Gasteiger charge is 2.24. The maximum Gasteiger partial charge on any atom is 0.240 e. The molecule has 0 saturated carbocycles. The van der Waals surface area contributed by atoms with Crippen molar-refractivity contribution in [2.24, 2.45) is 0 Å². The second-order valence-electron chi connectivity index (χ2n) is 4.71. The van der Waals surface area contributed by atoms with Gasteiger partial charge in [-0.3, -0.25) is 9.10 Å². The van der Waals surface area contributed by atoms with Gasteiger partial charge in [-0.25, -0.2) is 8.42 Å². The first kappa shape index (κ1) is 18.4. The van der Waals surface area contributed by atoms with Gasteiger partial charge in [-0.1, -0.05) is 34.8 Å². The molecule has 0 aromatic heterocycles. The fourth-order valence-electron chi connectivity index (χ4n) is 1.58. The predicted octanol–water partition coefficient (Wildman–Crippen LogP) is 2.94. The van der Waals surface area contributed by atoms with Crippen molar-refractivity contribution < 1.29 is 13.2 Å². The van der Waals surface area contributed by atoms with Gasteiger partial charge in [0.25, 0.3) is 0 Å². The van der Waals surface area contributed by atoms with E-state index in [0.717, 1.165) is 10.6 Å². The van der Waals surface area contributed by atoms with Gasteiger partial charge in [-0.15, -0.1) is 0 Å². The van der Waals surface area contributed by atoms with Crippen LogP contribution in [-0.4, -0.2) is 33.2 Å². The van der Waals surface area contributed by atoms with Crippen LogP contribution in [0, 0.1) is 0 Å². The summed E-state index contributed by atoms with van der Waals surface area (Å²) in [6.45, 7) is 3.15. The van der Waals surface area contributed by atoms with Gasteiger partial charge in [0.15, 0.2) is 0 Å². The van der Waals surface area contributed by atoms with Gasteiger partial charge < -0.3 is 5.32 Å². The average molecular weight is 374 g/mol. The van der Waals surface area contributed by atoms with E-state index in [1.165, 1.54) is 12.1 Å². The molecule has 1 amide bonds. The number of amides is 1. The van der Waals surface area contributed by atoms with Gasteiger partial charge >= 0.3 is 0 Å². The third-order valence-electron chi connectivity index (χ3n) is 2.40. The first-order valence-electron chi connectivity index (χ1n) is 5.94. The second-order valence-corrected chi connectivity index (χ2v) is 7.84. The summed E-state index contributed by atoms with van der Waals surface area (Å²) in [5.74, 6) is -0.447. The smallest absolute Gasteiger partial charge is 0.240 e. The Morgan fingerprint density at radius 3 is 2.19 bits per heavy atom. The van der Waals surface area contributed by atoms with Crippen molar-refractivity contribution in [1.29, 1.82) is 0 Å². The highest BCUT2D eigenvalue weighted by atomic mass is 35.5. The molecule has 0 radical (unpaired) electrons. The van der Waals surface area contributed by atoms with Crippen molar-refractivity contribution in [1.82, 2.24) is 5.32 Å². The first-order valence-corrected chi connectivity index (χ1v) is 8.92. The lowest BCUT2D eigenvalue weighted by atomic mass is 10.3. The van der Waals surface area contributed by atoms with Crippen LogP contribution < -0.4 is 9.62 Å². The number of sulfonamides is 1. The van der Waals surface area contributed by atoms with Gasteiger partial charge in [-0.2, -0.15) is 0 Å². The van der Waals surface area contributed by atoms with Crippen molar-refractivity contribution in [3.8, 4) is 0 Å². The summed E-state index contributed by atoms with van der Waals surface area (Å²) in [6.07, 6.45) is 0.981. The first-order chi connectivity index (χ1) is 9.52. The number of nitrogens with zero attached hydrogens (tertiary/aromatic N) is 1. The second kappa shape index (κ2) is 7.05. The molecule has 1 N–H and O–H groups in total. The Kier molecular flexibility index (Phi) is 6.16. The van der Waals surface area contributed by atoms with Crippen LogP contribution >= 0.6 is 34.8 Å². The van der Waals surface area contributed by atoms with Crippen LogP contribution in [0.25, 0.3) is 0 Å². The number of anilines is 1. The Bertz CT molecular complexity index is 647. The van der Waals surface area contributed by atoms with E-state index in [1.54, 1.807) is 13.8 Å². The van der Waals surface area contributed by atoms with Crippen molar-refractivity contribution in [2.45, 2.75) is 19.9 Å². The average Bonchev–Trinajstić information content (AvgIpc) is 2.29. The molecule has 1 aromatic rings. The van der Waals surface area contributed by atoms with E-state index >= 15 is 0 Å². The molecule has 0 aliphatic carbocycles. The molecular formula is C12H15Cl3N2O3S. The lowest BCUT2D eigenvalue weighted by Crippen LogP contribution is -2.42. The van der Waals surface area contributed by atoms with Crippen molar-refractivity contribution in [3.63, 3.8) is 0 Å². The molecule has 0 bridgehead atoms. The van der Waals surface area contributed by atoms with E-state index in [-0.39, 0.29) is 26.8 Å². The van der Waals surface area contributed by atoms with Crippen LogP contribution in [0.3, 0.4) is 0 Å². The minimum absolute atomic E-state index is 0.0900. The molecule has 0 atom stereocenters. The maximum atomic E-state index is 11.9. The summed E-state index contributed by atoms with van der Waals surface area (Å²) < 4.78 is 24.7. The zero-order chi connectivity index (χ0) is 16.4. The monoisotopic (exact) mass is 372 g/mol. The zero-order valence-corrected chi connectivity index (χ0v) is 14.7. The van der Waals surface area contributed by atoms with Crippen molar-refractivity contribution >= 4 is 56.4 Å². The molecule has 0 aliphatic rings. The van der Waals surface area contributed by atoms with Gasteiger partial charge in [-0.05, 0) is 26.0 Å². The molecule has 5 nitrogen and oxygen atoms in total. The van der Waals surface area contributed by atoms with Gasteiger partial charge in [0, 0.05) is 6.04 Å². The molecule has 1 aromatic carbocycles. The summed E-state index contributed by atoms with van der Waals surface area (Å²) in [7, 11) is -3.71. The van der Waals surface area contributed by atoms with E-state index in [9.17, 15) is 13.2 Å².